The van der Waals surface area contributed by atoms with E-state index in [-0.39, 0.29) is 5.56 Å². The van der Waals surface area contributed by atoms with E-state index in [0.29, 0.717) is 17.3 Å². The minimum atomic E-state index is -0.776. The first kappa shape index (κ1) is 18.8. The molecule has 0 spiro atoms. The fourth-order valence-corrected chi connectivity index (χ4v) is 2.97. The van der Waals surface area contributed by atoms with Gasteiger partial charge < -0.3 is 10.6 Å². The lowest BCUT2D eigenvalue weighted by Crippen LogP contribution is -2.36. The van der Waals surface area contributed by atoms with Crippen LogP contribution in [0.5, 0.6) is 0 Å². The Bertz CT molecular complexity index is 791. The quantitative estimate of drug-likeness (QED) is 0.461. The van der Waals surface area contributed by atoms with Crippen molar-refractivity contribution < 1.29 is 9.59 Å². The van der Waals surface area contributed by atoms with E-state index in [4.69, 9.17) is 16.9 Å². The van der Waals surface area contributed by atoms with Crippen LogP contribution in [-0.2, 0) is 9.59 Å². The highest BCUT2D eigenvalue weighted by atomic mass is 35.5. The third-order valence-electron chi connectivity index (χ3n) is 3.17. The molecule has 128 valence electrons. The number of anilines is 1. The summed E-state index contributed by atoms with van der Waals surface area (Å²) in [7, 11) is 0. The Labute approximate surface area is 155 Å². The second-order valence-electron chi connectivity index (χ2n) is 5.03. The Kier molecular flexibility index (Phi) is 7.33. The van der Waals surface area contributed by atoms with E-state index in [1.54, 1.807) is 11.8 Å². The molecule has 2 amide bonds. The van der Waals surface area contributed by atoms with Gasteiger partial charge in [0.15, 0.2) is 0 Å². The number of rotatable bonds is 6. The average Bonchev–Trinajstić information content (AvgIpc) is 2.63. The molecule has 0 aliphatic rings. The lowest BCUT2D eigenvalue weighted by atomic mass is 10.2. The molecule has 0 aromatic heterocycles. The van der Waals surface area contributed by atoms with Crippen molar-refractivity contribution in [3.8, 4) is 6.07 Å². The van der Waals surface area contributed by atoms with E-state index in [1.165, 1.54) is 23.1 Å². The lowest BCUT2D eigenvalue weighted by Gasteiger charge is -2.07. The highest BCUT2D eigenvalue weighted by Gasteiger charge is 2.13. The number of thioether (sulfide) groups is 1. The van der Waals surface area contributed by atoms with Gasteiger partial charge in [-0.2, -0.15) is 5.26 Å². The van der Waals surface area contributed by atoms with Gasteiger partial charge >= 0.3 is 11.8 Å². The summed E-state index contributed by atoms with van der Waals surface area (Å²) in [6.07, 6.45) is 0.748. The van der Waals surface area contributed by atoms with Crippen LogP contribution in [0.25, 0.3) is 0 Å². The molecule has 2 N–H and O–H groups in total. The predicted molar refractivity (Wildman–Crippen MR) is 99.6 cm³/mol. The molecule has 5 nitrogen and oxygen atoms in total. The molecule has 0 radical (unpaired) electrons. The summed E-state index contributed by atoms with van der Waals surface area (Å²) in [5, 5.41) is 14.2. The van der Waals surface area contributed by atoms with Gasteiger partial charge in [-0.1, -0.05) is 29.8 Å². The summed E-state index contributed by atoms with van der Waals surface area (Å²) >= 11 is 7.52. The van der Waals surface area contributed by atoms with Crippen LogP contribution < -0.4 is 10.6 Å². The van der Waals surface area contributed by atoms with Crippen molar-refractivity contribution in [2.24, 2.45) is 0 Å². The molecule has 2 aromatic rings. The maximum absolute atomic E-state index is 11.8. The molecule has 2 rings (SSSR count). The third kappa shape index (κ3) is 6.14. The number of hydrogen-bond donors (Lipinski definition) is 2. The van der Waals surface area contributed by atoms with Gasteiger partial charge in [-0.3, -0.25) is 9.59 Å². The second kappa shape index (κ2) is 9.72. The molecule has 0 unspecified atom stereocenters. The molecule has 0 bridgehead atoms. The molecule has 0 saturated heterocycles. The Morgan fingerprint density at radius 2 is 1.88 bits per heavy atom. The van der Waals surface area contributed by atoms with Crippen LogP contribution in [0.2, 0.25) is 5.02 Å². The van der Waals surface area contributed by atoms with Gasteiger partial charge in [-0.15, -0.1) is 11.8 Å². The Morgan fingerprint density at radius 3 is 2.60 bits per heavy atom. The number of benzene rings is 2. The Hall–Kier alpha value is -2.49. The van der Waals surface area contributed by atoms with Crippen molar-refractivity contribution in [1.82, 2.24) is 5.32 Å². The maximum Gasteiger partial charge on any atom is 0.313 e. The van der Waals surface area contributed by atoms with Gasteiger partial charge in [0.25, 0.3) is 0 Å². The van der Waals surface area contributed by atoms with Gasteiger partial charge in [0.1, 0.15) is 6.07 Å². The van der Waals surface area contributed by atoms with E-state index in [1.807, 2.05) is 36.4 Å². The van der Waals surface area contributed by atoms with Crippen molar-refractivity contribution in [3.63, 3.8) is 0 Å². The van der Waals surface area contributed by atoms with E-state index in [9.17, 15) is 9.59 Å². The first-order valence-corrected chi connectivity index (χ1v) is 8.93. The molecule has 0 heterocycles. The van der Waals surface area contributed by atoms with Crippen LogP contribution in [0.15, 0.2) is 53.4 Å². The zero-order valence-corrected chi connectivity index (χ0v) is 14.9. The smallest absolute Gasteiger partial charge is 0.313 e. The summed E-state index contributed by atoms with van der Waals surface area (Å²) in [5.74, 6) is -0.644. The second-order valence-corrected chi connectivity index (χ2v) is 6.61. The van der Waals surface area contributed by atoms with Crippen LogP contribution in [-0.4, -0.2) is 24.1 Å². The largest absolute Gasteiger partial charge is 0.348 e. The molecular weight excluding hydrogens is 358 g/mol. The number of nitrogens with zero attached hydrogens (tertiary/aromatic N) is 1. The molecule has 7 heteroatoms. The van der Waals surface area contributed by atoms with Gasteiger partial charge in [-0.25, -0.2) is 0 Å². The van der Waals surface area contributed by atoms with Crippen molar-refractivity contribution in [1.29, 1.82) is 5.26 Å². The number of nitriles is 1. The SMILES string of the molecule is N#Cc1cc(NC(=O)C(=O)NCCCSc2ccccc2)ccc1Cl. The number of nitrogens with one attached hydrogen (secondary N) is 2. The molecule has 0 aliphatic carbocycles. The van der Waals surface area contributed by atoms with E-state index < -0.39 is 11.8 Å². The molecule has 0 aliphatic heterocycles. The standard InChI is InChI=1S/C18H16ClN3O2S/c19-16-8-7-14(11-13(16)12-20)22-18(24)17(23)21-9-4-10-25-15-5-2-1-3-6-15/h1-3,5-8,11H,4,9-10H2,(H,21,23)(H,22,24). The van der Waals surface area contributed by atoms with Crippen LogP contribution >= 0.6 is 23.4 Å². The summed E-state index contributed by atoms with van der Waals surface area (Å²) in [5.41, 5.74) is 0.582. The molecule has 0 fully saturated rings. The highest BCUT2D eigenvalue weighted by Crippen LogP contribution is 2.19. The van der Waals surface area contributed by atoms with E-state index >= 15 is 0 Å². The fraction of sp³-hybridized carbons (Fsp3) is 0.167. The zero-order valence-electron chi connectivity index (χ0n) is 13.3. The number of hydrogen-bond acceptors (Lipinski definition) is 4. The van der Waals surface area contributed by atoms with Crippen LogP contribution in [0, 0.1) is 11.3 Å². The summed E-state index contributed by atoms with van der Waals surface area (Å²) in [4.78, 5) is 24.8. The van der Waals surface area contributed by atoms with Gasteiger partial charge in [0, 0.05) is 17.1 Å². The number of carbonyl (C=O) groups excluding carboxylic acids is 2. The molecule has 25 heavy (non-hydrogen) atoms. The molecule has 0 atom stereocenters. The van der Waals surface area contributed by atoms with Crippen molar-refractivity contribution >= 4 is 40.9 Å². The molecule has 2 aromatic carbocycles. The first-order valence-electron chi connectivity index (χ1n) is 7.57. The summed E-state index contributed by atoms with van der Waals surface area (Å²) < 4.78 is 0. The van der Waals surface area contributed by atoms with Gasteiger partial charge in [-0.05, 0) is 42.5 Å². The number of amides is 2. The Morgan fingerprint density at radius 1 is 1.12 bits per heavy atom. The monoisotopic (exact) mass is 373 g/mol. The van der Waals surface area contributed by atoms with Crippen molar-refractivity contribution in [2.45, 2.75) is 11.3 Å². The van der Waals surface area contributed by atoms with Gasteiger partial charge in [0.05, 0.1) is 10.6 Å². The van der Waals surface area contributed by atoms with E-state index in [2.05, 4.69) is 10.6 Å². The highest BCUT2D eigenvalue weighted by molar-refractivity contribution is 7.99. The summed E-state index contributed by atoms with van der Waals surface area (Å²) in [6, 6.07) is 16.3. The minimum absolute atomic E-state index is 0.234. The van der Waals surface area contributed by atoms with Crippen LogP contribution in [0.4, 0.5) is 5.69 Å². The normalized spacial score (nSPS) is 9.92. The van der Waals surface area contributed by atoms with E-state index in [0.717, 1.165) is 12.2 Å². The topological polar surface area (TPSA) is 82.0 Å². The fourth-order valence-electron chi connectivity index (χ4n) is 1.94. The zero-order chi connectivity index (χ0) is 18.1. The number of carbonyl (C=O) groups is 2. The Balaban J connectivity index is 1.71. The minimum Gasteiger partial charge on any atom is -0.348 e. The number of halogens is 1. The van der Waals surface area contributed by atoms with Crippen LogP contribution in [0.3, 0.4) is 0 Å². The molecular formula is C18H16ClN3O2S. The average molecular weight is 374 g/mol. The predicted octanol–water partition coefficient (Wildman–Crippen LogP) is 3.45. The van der Waals surface area contributed by atoms with Gasteiger partial charge in [0.2, 0.25) is 0 Å². The van der Waals surface area contributed by atoms with Crippen LogP contribution in [0.1, 0.15) is 12.0 Å². The van der Waals surface area contributed by atoms with Crippen molar-refractivity contribution in [2.75, 3.05) is 17.6 Å². The first-order chi connectivity index (χ1) is 12.1. The third-order valence-corrected chi connectivity index (χ3v) is 4.60. The molecule has 0 saturated carbocycles. The summed E-state index contributed by atoms with van der Waals surface area (Å²) in [6.45, 7) is 0.413. The van der Waals surface area contributed by atoms with Crippen molar-refractivity contribution in [3.05, 3.63) is 59.1 Å². The lowest BCUT2D eigenvalue weighted by molar-refractivity contribution is -0.136. The maximum atomic E-state index is 11.8.